The zero-order chi connectivity index (χ0) is 40.7. The zero-order valence-electron chi connectivity index (χ0n) is 29.8. The molecule has 2 heterocycles. The Labute approximate surface area is 340 Å². The molecule has 4 aromatic carbocycles. The normalized spacial score (nSPS) is 11.4. The molecule has 0 unspecified atom stereocenters. The third-order valence-corrected chi connectivity index (χ3v) is 10.7. The summed E-state index contributed by atoms with van der Waals surface area (Å²) in [4.78, 5) is 16.1. The average molecular weight is 836 g/mol. The van der Waals surface area contributed by atoms with Crippen LogP contribution in [0.5, 0.6) is 0 Å². The Hall–Kier alpha value is -6.53. The van der Waals surface area contributed by atoms with Crippen LogP contribution in [0.25, 0.3) is 11.1 Å². The molecule has 18 heteroatoms. The van der Waals surface area contributed by atoms with Gasteiger partial charge in [-0.05, 0) is 79.2 Å². The van der Waals surface area contributed by atoms with E-state index in [1.165, 1.54) is 12.1 Å². The quantitative estimate of drug-likeness (QED) is 0.0680. The van der Waals surface area contributed by atoms with Crippen molar-refractivity contribution in [1.82, 2.24) is 4.98 Å². The van der Waals surface area contributed by atoms with Crippen LogP contribution >= 0.6 is 34.5 Å². The maximum absolute atomic E-state index is 12.0. The number of aromatic nitrogens is 1. The van der Waals surface area contributed by atoms with Crippen LogP contribution in [0.2, 0.25) is 10.0 Å². The molecule has 0 fully saturated rings. The van der Waals surface area contributed by atoms with E-state index in [2.05, 4.69) is 53.5 Å². The number of hydrogen-bond donors (Lipinski definition) is 4. The van der Waals surface area contributed by atoms with Gasteiger partial charge in [-0.1, -0.05) is 71.8 Å². The van der Waals surface area contributed by atoms with Crippen LogP contribution in [0.4, 0.5) is 50.1 Å². The van der Waals surface area contributed by atoms with Crippen LogP contribution in [0.3, 0.4) is 0 Å². The van der Waals surface area contributed by atoms with Gasteiger partial charge >= 0.3 is 0 Å². The van der Waals surface area contributed by atoms with Gasteiger partial charge in [-0.2, -0.15) is 18.9 Å². The van der Waals surface area contributed by atoms with Gasteiger partial charge in [0.2, 0.25) is 5.91 Å². The number of anilines is 5. The number of hydrogen-bond acceptors (Lipinski definition) is 13. The Kier molecular flexibility index (Phi) is 12.3. The third-order valence-electron chi connectivity index (χ3n) is 8.12. The third kappa shape index (κ3) is 9.47. The molecule has 0 saturated carbocycles. The second kappa shape index (κ2) is 17.5. The maximum atomic E-state index is 12.0. The first kappa shape index (κ1) is 40.1. The van der Waals surface area contributed by atoms with E-state index in [9.17, 15) is 28.3 Å². The first-order chi connectivity index (χ1) is 27.4. The molecule has 4 N–H and O–H groups in total. The molecule has 0 radical (unpaired) electrons. The summed E-state index contributed by atoms with van der Waals surface area (Å²) in [6, 6.07) is 30.9. The van der Waals surface area contributed by atoms with Gasteiger partial charge < -0.3 is 16.0 Å². The Morgan fingerprint density at radius 2 is 1.44 bits per heavy atom. The summed E-state index contributed by atoms with van der Waals surface area (Å²) in [6.45, 7) is 3.38. The van der Waals surface area contributed by atoms with E-state index < -0.39 is 15.0 Å². The minimum absolute atomic E-state index is 0.0207. The average Bonchev–Trinajstić information content (AvgIpc) is 3.56. The van der Waals surface area contributed by atoms with Crippen LogP contribution < -0.4 is 16.0 Å². The van der Waals surface area contributed by atoms with Crippen LogP contribution in [0, 0.1) is 29.6 Å². The molecule has 6 rings (SSSR count). The minimum atomic E-state index is -4.67. The van der Waals surface area contributed by atoms with E-state index in [1.54, 1.807) is 74.5 Å². The summed E-state index contributed by atoms with van der Waals surface area (Å²) in [5.41, 5.74) is 3.60. The largest absolute Gasteiger partial charge is 0.339 e. The van der Waals surface area contributed by atoms with Gasteiger partial charge in [0.15, 0.2) is 16.6 Å². The summed E-state index contributed by atoms with van der Waals surface area (Å²) >= 11 is 13.2. The summed E-state index contributed by atoms with van der Waals surface area (Å²) in [7, 11) is -4.67. The van der Waals surface area contributed by atoms with Crippen molar-refractivity contribution in [2.45, 2.75) is 25.2 Å². The second-order valence-corrected chi connectivity index (χ2v) is 15.1. The predicted molar refractivity (Wildman–Crippen MR) is 221 cm³/mol. The van der Waals surface area contributed by atoms with Crippen molar-refractivity contribution in [3.63, 3.8) is 0 Å². The lowest BCUT2D eigenvalue weighted by Gasteiger charge is -2.16. The van der Waals surface area contributed by atoms with E-state index in [4.69, 9.17) is 23.2 Å². The molecular formula is C39H28Cl2N10O4S2. The number of rotatable bonds is 12. The highest BCUT2D eigenvalue weighted by atomic mass is 35.5. The van der Waals surface area contributed by atoms with Gasteiger partial charge in [-0.25, -0.2) is 4.98 Å². The summed E-state index contributed by atoms with van der Waals surface area (Å²) < 4.78 is 33.6. The van der Waals surface area contributed by atoms with Crippen molar-refractivity contribution in [2.75, 3.05) is 16.0 Å². The molecule has 2 aromatic heterocycles. The molecule has 0 aliphatic rings. The number of nitrogens with zero attached hydrogens (tertiary/aromatic N) is 7. The van der Waals surface area contributed by atoms with E-state index in [0.717, 1.165) is 17.4 Å². The number of carbonyl (C=O) groups excluding carboxylic acids is 1. The highest BCUT2D eigenvalue weighted by Crippen LogP contribution is 2.49. The van der Waals surface area contributed by atoms with Gasteiger partial charge in [0.25, 0.3) is 10.1 Å². The standard InChI is InChI=1S/C39H28Cl2N10O4S2/c1-3-33(52)44-25-13-9-23(10-14-25)34-30(21-43)38(56-39(34)51-48-27-7-5-4-6-8-27)50-49-35-22(2)29(20-42)36(47-37(35)45-26-15-11-24(40)12-16-26)46-28-17-18-31(41)32(19-28)57(53,54)55/h4-19H,3H2,1-2H3,(H,44,52)(H2,45,46,47)(H,53,54,55). The van der Waals surface area contributed by atoms with Crippen molar-refractivity contribution >= 4 is 101 Å². The van der Waals surface area contributed by atoms with Crippen LogP contribution in [0.15, 0.2) is 122 Å². The lowest BCUT2D eigenvalue weighted by Crippen LogP contribution is -2.08. The highest BCUT2D eigenvalue weighted by molar-refractivity contribution is 7.86. The lowest BCUT2D eigenvalue weighted by atomic mass is 10.0. The van der Waals surface area contributed by atoms with Gasteiger partial charge in [-0.15, -0.1) is 20.5 Å². The van der Waals surface area contributed by atoms with E-state index in [-0.39, 0.29) is 50.1 Å². The number of amides is 1. The number of thiophene rings is 1. The van der Waals surface area contributed by atoms with E-state index in [1.807, 2.05) is 18.2 Å². The molecule has 57 heavy (non-hydrogen) atoms. The Bertz CT molecular complexity index is 2750. The van der Waals surface area contributed by atoms with Crippen LogP contribution in [0.1, 0.15) is 30.0 Å². The number of azo groups is 2. The summed E-state index contributed by atoms with van der Waals surface area (Å²) in [5, 5.41) is 48.5. The highest BCUT2D eigenvalue weighted by Gasteiger charge is 2.23. The summed E-state index contributed by atoms with van der Waals surface area (Å²) in [5.74, 6) is 0.00532. The molecule has 14 nitrogen and oxygen atoms in total. The first-order valence-electron chi connectivity index (χ1n) is 16.8. The van der Waals surface area contributed by atoms with Crippen molar-refractivity contribution in [2.24, 2.45) is 20.5 Å². The van der Waals surface area contributed by atoms with E-state index >= 15 is 0 Å². The van der Waals surface area contributed by atoms with Gasteiger partial charge in [0.05, 0.1) is 16.3 Å². The molecule has 0 saturated heterocycles. The fourth-order valence-corrected chi connectivity index (χ4v) is 7.34. The van der Waals surface area contributed by atoms with Crippen molar-refractivity contribution in [3.8, 4) is 23.3 Å². The molecular weight excluding hydrogens is 808 g/mol. The number of nitriles is 2. The SMILES string of the molecule is CCC(=O)Nc1ccc(-c2c(N=Nc3ccccc3)sc(N=Nc3c(Nc4ccc(Cl)cc4)nc(Nc4ccc(Cl)c(S(=O)(=O)O)c4)c(C#N)c3C)c2C#N)cc1. The molecule has 284 valence electrons. The number of pyridine rings is 1. The molecule has 0 aliphatic heterocycles. The minimum Gasteiger partial charge on any atom is -0.339 e. The second-order valence-electron chi connectivity index (χ2n) is 11.9. The lowest BCUT2D eigenvalue weighted by molar-refractivity contribution is -0.115. The Morgan fingerprint density at radius 1 is 0.807 bits per heavy atom. The first-order valence-corrected chi connectivity index (χ1v) is 19.8. The fraction of sp³-hybridized carbons (Fsp3) is 0.0769. The zero-order valence-corrected chi connectivity index (χ0v) is 33.0. The van der Waals surface area contributed by atoms with Gasteiger partial charge in [-0.3, -0.25) is 9.35 Å². The number of nitrogens with one attached hydrogen (secondary N) is 3. The van der Waals surface area contributed by atoms with Crippen molar-refractivity contribution < 1.29 is 17.8 Å². The predicted octanol–water partition coefficient (Wildman–Crippen LogP) is 12.1. The van der Waals surface area contributed by atoms with Crippen LogP contribution in [-0.4, -0.2) is 23.9 Å². The van der Waals surface area contributed by atoms with Crippen molar-refractivity contribution in [1.29, 1.82) is 10.5 Å². The molecule has 0 aliphatic carbocycles. The Balaban J connectivity index is 1.48. The fourth-order valence-electron chi connectivity index (χ4n) is 5.30. The molecule has 1 amide bonds. The Morgan fingerprint density at radius 3 is 2.09 bits per heavy atom. The smallest absolute Gasteiger partial charge is 0.296 e. The van der Waals surface area contributed by atoms with Gasteiger partial charge in [0.1, 0.15) is 33.3 Å². The summed E-state index contributed by atoms with van der Waals surface area (Å²) in [6.07, 6.45) is 0.310. The molecule has 0 bridgehead atoms. The number of halogens is 2. The van der Waals surface area contributed by atoms with Crippen molar-refractivity contribution in [3.05, 3.63) is 124 Å². The maximum Gasteiger partial charge on any atom is 0.296 e. The topological polar surface area (TPSA) is 217 Å². The molecule has 0 spiro atoms. The molecule has 0 atom stereocenters. The van der Waals surface area contributed by atoms with Gasteiger partial charge in [0, 0.05) is 39.6 Å². The monoisotopic (exact) mass is 834 g/mol. The van der Waals surface area contributed by atoms with E-state index in [0.29, 0.717) is 50.2 Å². The molecule has 6 aromatic rings. The van der Waals surface area contributed by atoms with Crippen LogP contribution in [-0.2, 0) is 14.9 Å². The number of carbonyl (C=O) groups is 1. The number of benzene rings is 4.